The van der Waals surface area contributed by atoms with E-state index in [1.54, 1.807) is 12.2 Å². The summed E-state index contributed by atoms with van der Waals surface area (Å²) in [5.41, 5.74) is 15.6. The van der Waals surface area contributed by atoms with Gasteiger partial charge in [0, 0.05) is 36.4 Å². The number of rotatable bonds is 16. The molecule has 0 spiro atoms. The first-order valence-electron chi connectivity index (χ1n) is 11.1. The Bertz CT molecular complexity index is 993. The zero-order valence-electron chi connectivity index (χ0n) is 20.3. The first-order valence-corrected chi connectivity index (χ1v) is 11.9. The van der Waals surface area contributed by atoms with E-state index in [0.29, 0.717) is 29.9 Å². The Morgan fingerprint density at radius 3 is 2.47 bits per heavy atom. The van der Waals surface area contributed by atoms with Crippen molar-refractivity contribution in [1.82, 2.24) is 15.5 Å². The van der Waals surface area contributed by atoms with Gasteiger partial charge in [0.1, 0.15) is 16.7 Å². The van der Waals surface area contributed by atoms with Crippen molar-refractivity contribution in [2.24, 2.45) is 11.5 Å². The molecule has 1 heterocycles. The molecule has 8 heteroatoms. The summed E-state index contributed by atoms with van der Waals surface area (Å²) in [6, 6.07) is 0. The Labute approximate surface area is 207 Å². The van der Waals surface area contributed by atoms with Crippen LogP contribution in [0.3, 0.4) is 0 Å². The van der Waals surface area contributed by atoms with E-state index in [-0.39, 0.29) is 5.83 Å². The number of anilines is 1. The lowest BCUT2D eigenvalue weighted by Gasteiger charge is -2.10. The molecule has 34 heavy (non-hydrogen) atoms. The highest BCUT2D eigenvalue weighted by atomic mass is 32.1. The zero-order chi connectivity index (χ0) is 25.5. The second-order valence-corrected chi connectivity index (χ2v) is 8.87. The fraction of sp³-hybridized carbons (Fsp3) is 0.308. The maximum Gasteiger partial charge on any atom is 0.209 e. The van der Waals surface area contributed by atoms with E-state index in [0.717, 1.165) is 52.8 Å². The summed E-state index contributed by atoms with van der Waals surface area (Å²) in [4.78, 5) is 0. The van der Waals surface area contributed by atoms with Crippen LogP contribution in [0.1, 0.15) is 51.0 Å². The predicted molar refractivity (Wildman–Crippen MR) is 144 cm³/mol. The first-order chi connectivity index (χ1) is 16.1. The predicted octanol–water partition coefficient (Wildman–Crippen LogP) is 6.26. The number of nitrogens with zero attached hydrogens (tertiary/aromatic N) is 2. The van der Waals surface area contributed by atoms with Crippen LogP contribution in [0.2, 0.25) is 0 Å². The van der Waals surface area contributed by atoms with Crippen molar-refractivity contribution in [2.75, 3.05) is 5.32 Å². The van der Waals surface area contributed by atoms with Gasteiger partial charge in [0.05, 0.1) is 0 Å². The molecule has 1 aromatic rings. The number of hydrogen-bond acceptors (Lipinski definition) is 7. The Morgan fingerprint density at radius 1 is 1.09 bits per heavy atom. The second-order valence-electron chi connectivity index (χ2n) is 7.80. The number of nitrogens with two attached hydrogens (primary N) is 2. The minimum Gasteiger partial charge on any atom is -0.402 e. The number of nitrogens with one attached hydrogen (secondary N) is 2. The van der Waals surface area contributed by atoms with Gasteiger partial charge in [0.15, 0.2) is 0 Å². The molecule has 0 aliphatic rings. The lowest BCUT2D eigenvalue weighted by molar-refractivity contribution is 0.626. The molecular weight excluding hydrogens is 447 g/mol. The van der Waals surface area contributed by atoms with Gasteiger partial charge < -0.3 is 22.1 Å². The quantitative estimate of drug-likeness (QED) is 0.163. The molecule has 0 aliphatic carbocycles. The van der Waals surface area contributed by atoms with E-state index in [4.69, 9.17) is 11.5 Å². The molecule has 0 bridgehead atoms. The highest BCUT2D eigenvalue weighted by molar-refractivity contribution is 7.15. The molecule has 0 aromatic carbocycles. The van der Waals surface area contributed by atoms with Crippen LogP contribution in [0.25, 0.3) is 0 Å². The summed E-state index contributed by atoms with van der Waals surface area (Å²) in [6.07, 6.45) is 13.2. The second kappa shape index (κ2) is 15.4. The van der Waals surface area contributed by atoms with E-state index in [2.05, 4.69) is 47.1 Å². The van der Waals surface area contributed by atoms with Crippen molar-refractivity contribution >= 4 is 16.5 Å². The SMILES string of the molecule is C=C/C(CC(=C)N/C(N)=C/C=C(\N)CCCCc1nnc(NC(=C)CC(=C)/C=C\C)s1)=C(\C)F. The molecule has 6 nitrogen and oxygen atoms in total. The first kappa shape index (κ1) is 28.6. The number of allylic oxidation sites excluding steroid dienone is 9. The molecule has 1 rings (SSSR count). The van der Waals surface area contributed by atoms with Gasteiger partial charge in [0.25, 0.3) is 0 Å². The molecule has 0 atom stereocenters. The highest BCUT2D eigenvalue weighted by Gasteiger charge is 2.06. The van der Waals surface area contributed by atoms with Crippen LogP contribution >= 0.6 is 11.3 Å². The van der Waals surface area contributed by atoms with Gasteiger partial charge in [-0.1, -0.05) is 55.9 Å². The van der Waals surface area contributed by atoms with Crippen molar-refractivity contribution in [1.29, 1.82) is 0 Å². The van der Waals surface area contributed by atoms with E-state index >= 15 is 0 Å². The highest BCUT2D eigenvalue weighted by Crippen LogP contribution is 2.21. The summed E-state index contributed by atoms with van der Waals surface area (Å²) >= 11 is 1.52. The van der Waals surface area contributed by atoms with Crippen LogP contribution in [0.4, 0.5) is 9.52 Å². The topological polar surface area (TPSA) is 102 Å². The summed E-state index contributed by atoms with van der Waals surface area (Å²) in [6.45, 7) is 18.8. The van der Waals surface area contributed by atoms with Crippen LogP contribution in [-0.2, 0) is 6.42 Å². The van der Waals surface area contributed by atoms with Crippen LogP contribution in [0, 0.1) is 0 Å². The molecule has 1 aromatic heterocycles. The fourth-order valence-corrected chi connectivity index (χ4v) is 3.74. The smallest absolute Gasteiger partial charge is 0.209 e. The number of unbranched alkanes of at least 4 members (excludes halogenated alkanes) is 1. The van der Waals surface area contributed by atoms with E-state index < -0.39 is 0 Å². The molecule has 0 aliphatic heterocycles. The van der Waals surface area contributed by atoms with Gasteiger partial charge in [-0.3, -0.25) is 0 Å². The van der Waals surface area contributed by atoms with Gasteiger partial charge in [0.2, 0.25) is 5.13 Å². The van der Waals surface area contributed by atoms with Gasteiger partial charge in [-0.05, 0) is 56.4 Å². The largest absolute Gasteiger partial charge is 0.402 e. The summed E-state index contributed by atoms with van der Waals surface area (Å²) in [5.74, 6) is 0.0973. The molecule has 0 amide bonds. The summed E-state index contributed by atoms with van der Waals surface area (Å²) in [7, 11) is 0. The Hall–Kier alpha value is -3.39. The van der Waals surface area contributed by atoms with Crippen molar-refractivity contribution in [2.45, 2.75) is 52.4 Å². The third-order valence-corrected chi connectivity index (χ3v) is 5.49. The number of halogens is 1. The lowest BCUT2D eigenvalue weighted by atomic mass is 10.1. The molecule has 0 saturated heterocycles. The third kappa shape index (κ3) is 12.0. The number of aromatic nitrogens is 2. The van der Waals surface area contributed by atoms with Crippen LogP contribution in [0.5, 0.6) is 0 Å². The Balaban J connectivity index is 2.39. The maximum absolute atomic E-state index is 13.3. The van der Waals surface area contributed by atoms with Crippen molar-refractivity contribution in [3.8, 4) is 0 Å². The maximum atomic E-state index is 13.3. The standard InChI is InChI=1S/C26H37FN6S/c1-7-11-18(3)16-19(4)31-26-33-32-25(34-26)13-10-9-12-23(28)14-15-24(29)30-20(5)17-22(8-2)21(6)27/h7-8,11,14-15,30H,2-5,9-10,12-13,16-17,28-29H2,1,6H3,(H,31,33)/b11-7-,22-21-,23-14-,24-15+. The molecule has 0 radical (unpaired) electrons. The fourth-order valence-electron chi connectivity index (χ4n) is 2.91. The molecule has 0 fully saturated rings. The van der Waals surface area contributed by atoms with Gasteiger partial charge in [-0.25, -0.2) is 4.39 Å². The van der Waals surface area contributed by atoms with Gasteiger partial charge >= 0.3 is 0 Å². The van der Waals surface area contributed by atoms with Crippen molar-refractivity contribution in [3.63, 3.8) is 0 Å². The summed E-state index contributed by atoms with van der Waals surface area (Å²) < 4.78 is 13.3. The van der Waals surface area contributed by atoms with Crippen molar-refractivity contribution < 1.29 is 4.39 Å². The molecule has 6 N–H and O–H groups in total. The van der Waals surface area contributed by atoms with Crippen molar-refractivity contribution in [3.05, 3.63) is 102 Å². The van der Waals surface area contributed by atoms with Crippen LogP contribution in [0.15, 0.2) is 96.6 Å². The Kier molecular flexibility index (Phi) is 13.0. The van der Waals surface area contributed by atoms with E-state index in [9.17, 15) is 4.39 Å². The third-order valence-electron chi connectivity index (χ3n) is 4.59. The van der Waals surface area contributed by atoms with Gasteiger partial charge in [-0.15, -0.1) is 10.2 Å². The van der Waals surface area contributed by atoms with E-state index in [1.165, 1.54) is 24.3 Å². The minimum atomic E-state index is -0.289. The Morgan fingerprint density at radius 2 is 1.82 bits per heavy atom. The lowest BCUT2D eigenvalue weighted by Crippen LogP contribution is -2.19. The van der Waals surface area contributed by atoms with Crippen LogP contribution in [-0.4, -0.2) is 10.2 Å². The average Bonchev–Trinajstić information content (AvgIpc) is 3.20. The van der Waals surface area contributed by atoms with E-state index in [1.807, 2.05) is 19.1 Å². The number of aryl methyl sites for hydroxylation is 1. The zero-order valence-corrected chi connectivity index (χ0v) is 21.1. The van der Waals surface area contributed by atoms with Crippen LogP contribution < -0.4 is 22.1 Å². The average molecular weight is 485 g/mol. The molecular formula is C26H37FN6S. The summed E-state index contributed by atoms with van der Waals surface area (Å²) in [5, 5.41) is 16.2. The normalized spacial score (nSPS) is 12.9. The molecule has 0 saturated carbocycles. The minimum absolute atomic E-state index is 0.289. The monoisotopic (exact) mass is 484 g/mol. The van der Waals surface area contributed by atoms with Gasteiger partial charge in [-0.2, -0.15) is 0 Å². The number of hydrogen-bond donors (Lipinski definition) is 4. The molecule has 0 unspecified atom stereocenters. The molecule has 184 valence electrons.